The van der Waals surface area contributed by atoms with Gasteiger partial charge in [0.05, 0.1) is 6.10 Å². The zero-order chi connectivity index (χ0) is 10.9. The third-order valence-electron chi connectivity index (χ3n) is 3.70. The lowest BCUT2D eigenvalue weighted by molar-refractivity contribution is 0.0967. The molecule has 0 heterocycles. The van der Waals surface area contributed by atoms with E-state index in [4.69, 9.17) is 0 Å². The van der Waals surface area contributed by atoms with Gasteiger partial charge in [0, 0.05) is 0 Å². The maximum Gasteiger partial charge on any atom is 0.105 e. The highest BCUT2D eigenvalue weighted by Gasteiger charge is 2.36. The van der Waals surface area contributed by atoms with Gasteiger partial charge in [-0.25, -0.2) is 0 Å². The van der Waals surface area contributed by atoms with Crippen LogP contribution >= 0.6 is 6.89 Å². The largest absolute Gasteiger partial charge is 0.393 e. The molecule has 0 unspecified atom stereocenters. The van der Waals surface area contributed by atoms with Gasteiger partial charge < -0.3 is 5.11 Å². The van der Waals surface area contributed by atoms with Crippen LogP contribution in [0.3, 0.4) is 0 Å². The van der Waals surface area contributed by atoms with Crippen LogP contribution in [0.25, 0.3) is 0 Å². The van der Waals surface area contributed by atoms with Gasteiger partial charge in [0.2, 0.25) is 0 Å². The summed E-state index contributed by atoms with van der Waals surface area (Å²) >= 11 is 0. The summed E-state index contributed by atoms with van der Waals surface area (Å²) in [5.74, 6) is 1.73. The standard InChI is InChI=1S/C11H24BOP/c1-8-10(12)7-9(11(8)13)5-6-14(2,3)4/h8-11,13H,2,5-7,12H2,1,3-4H3/t8-,9-,10+,11-/m0/s1. The molecule has 1 saturated carbocycles. The summed E-state index contributed by atoms with van der Waals surface area (Å²) in [5, 5.41) is 10.0. The monoisotopic (exact) mass is 214 g/mol. The van der Waals surface area contributed by atoms with Crippen LogP contribution in [0.5, 0.6) is 0 Å². The van der Waals surface area contributed by atoms with Crippen molar-refractivity contribution in [3.63, 3.8) is 0 Å². The van der Waals surface area contributed by atoms with E-state index in [9.17, 15) is 5.11 Å². The summed E-state index contributed by atoms with van der Waals surface area (Å²) in [6.07, 6.45) is 7.79. The molecule has 1 aliphatic carbocycles. The molecule has 0 bridgehead atoms. The smallest absolute Gasteiger partial charge is 0.105 e. The number of hydrogen-bond acceptors (Lipinski definition) is 1. The first-order valence-electron chi connectivity index (χ1n) is 5.66. The molecule has 0 aromatic carbocycles. The molecule has 1 fully saturated rings. The van der Waals surface area contributed by atoms with Gasteiger partial charge in [-0.3, -0.25) is 0 Å². The highest BCUT2D eigenvalue weighted by Crippen LogP contribution is 2.44. The van der Waals surface area contributed by atoms with E-state index < -0.39 is 6.89 Å². The summed E-state index contributed by atoms with van der Waals surface area (Å²) in [4.78, 5) is 0. The van der Waals surface area contributed by atoms with Crippen molar-refractivity contribution in [2.24, 2.45) is 11.8 Å². The molecule has 1 N–H and O–H groups in total. The molecular weight excluding hydrogens is 190 g/mol. The molecule has 0 spiro atoms. The topological polar surface area (TPSA) is 20.2 Å². The molecule has 1 rings (SSSR count). The molecule has 82 valence electrons. The highest BCUT2D eigenvalue weighted by atomic mass is 31.2. The summed E-state index contributed by atoms with van der Waals surface area (Å²) in [5.41, 5.74) is 0. The van der Waals surface area contributed by atoms with Gasteiger partial charge in [-0.2, -0.15) is 0 Å². The van der Waals surface area contributed by atoms with Crippen LogP contribution in [-0.2, 0) is 0 Å². The second-order valence-electron chi connectivity index (χ2n) is 5.77. The van der Waals surface area contributed by atoms with Crippen LogP contribution in [0, 0.1) is 11.8 Å². The summed E-state index contributed by atoms with van der Waals surface area (Å²) in [6.45, 7) is 5.84. The van der Waals surface area contributed by atoms with Gasteiger partial charge in [0.1, 0.15) is 7.85 Å². The normalized spacial score (nSPS) is 38.9. The third-order valence-corrected chi connectivity index (χ3v) is 5.17. The number of aliphatic hydroxyl groups is 1. The first kappa shape index (κ1) is 12.4. The first-order valence-corrected chi connectivity index (χ1v) is 8.72. The van der Waals surface area contributed by atoms with E-state index in [1.54, 1.807) is 0 Å². The average molecular weight is 214 g/mol. The van der Waals surface area contributed by atoms with E-state index in [2.05, 4.69) is 34.4 Å². The van der Waals surface area contributed by atoms with Crippen molar-refractivity contribution in [2.45, 2.75) is 31.7 Å². The van der Waals surface area contributed by atoms with E-state index in [1.807, 2.05) is 0 Å². The number of hydrogen-bond donors (Lipinski definition) is 1. The minimum absolute atomic E-state index is 0.0588. The quantitative estimate of drug-likeness (QED) is 0.557. The van der Waals surface area contributed by atoms with Crippen molar-refractivity contribution >= 4 is 21.0 Å². The minimum Gasteiger partial charge on any atom is -0.393 e. The number of aliphatic hydroxyl groups excluding tert-OH is 1. The molecular formula is C11H24BOP. The molecule has 14 heavy (non-hydrogen) atoms. The van der Waals surface area contributed by atoms with Crippen molar-refractivity contribution in [2.75, 3.05) is 19.5 Å². The Morgan fingerprint density at radius 1 is 1.50 bits per heavy atom. The second-order valence-corrected chi connectivity index (χ2v) is 10.1. The van der Waals surface area contributed by atoms with Crippen molar-refractivity contribution < 1.29 is 5.11 Å². The molecule has 1 nitrogen and oxygen atoms in total. The minimum atomic E-state index is -0.895. The van der Waals surface area contributed by atoms with Crippen molar-refractivity contribution in [3.05, 3.63) is 0 Å². The Bertz CT molecular complexity index is 235. The first-order chi connectivity index (χ1) is 6.31. The predicted octanol–water partition coefficient (Wildman–Crippen LogP) is 1.52. The van der Waals surface area contributed by atoms with Gasteiger partial charge in [-0.15, -0.1) is 13.2 Å². The lowest BCUT2D eigenvalue weighted by atomic mass is 9.79. The Balaban J connectivity index is 2.44. The molecule has 0 saturated heterocycles. The van der Waals surface area contributed by atoms with Gasteiger partial charge >= 0.3 is 0 Å². The third kappa shape index (κ3) is 3.17. The van der Waals surface area contributed by atoms with Crippen LogP contribution in [0.4, 0.5) is 0 Å². The second kappa shape index (κ2) is 4.45. The Morgan fingerprint density at radius 3 is 2.43 bits per heavy atom. The molecule has 0 aliphatic heterocycles. The van der Waals surface area contributed by atoms with E-state index >= 15 is 0 Å². The fourth-order valence-corrected chi connectivity index (χ4v) is 3.43. The molecule has 0 aromatic heterocycles. The SMILES string of the molecule is B[C@@H]1C[C@H](CCP(=C)(C)C)[C@@H](O)[C@H]1C. The van der Waals surface area contributed by atoms with Gasteiger partial charge in [0.15, 0.2) is 0 Å². The number of rotatable bonds is 3. The molecule has 0 amide bonds. The average Bonchev–Trinajstić information content (AvgIpc) is 2.28. The fourth-order valence-electron chi connectivity index (χ4n) is 2.40. The van der Waals surface area contributed by atoms with E-state index in [0.29, 0.717) is 17.7 Å². The van der Waals surface area contributed by atoms with Gasteiger partial charge in [-0.1, -0.05) is 19.2 Å². The molecule has 1 aliphatic rings. The summed E-state index contributed by atoms with van der Waals surface area (Å²) < 4.78 is 0. The Morgan fingerprint density at radius 2 is 2.07 bits per heavy atom. The van der Waals surface area contributed by atoms with Crippen LogP contribution in [0.15, 0.2) is 0 Å². The zero-order valence-electron chi connectivity index (χ0n) is 10.0. The fraction of sp³-hybridized carbons (Fsp3) is 0.909. The van der Waals surface area contributed by atoms with Crippen molar-refractivity contribution in [1.29, 1.82) is 0 Å². The Kier molecular flexibility index (Phi) is 3.94. The predicted molar refractivity (Wildman–Crippen MR) is 70.9 cm³/mol. The van der Waals surface area contributed by atoms with Crippen molar-refractivity contribution in [1.82, 2.24) is 0 Å². The Hall–Kier alpha value is 0.325. The maximum absolute atomic E-state index is 10.0. The highest BCUT2D eigenvalue weighted by molar-refractivity contribution is 7.72. The molecule has 0 aromatic rings. The van der Waals surface area contributed by atoms with E-state index in [0.717, 1.165) is 0 Å². The summed E-state index contributed by atoms with van der Waals surface area (Å²) in [7, 11) is 2.26. The zero-order valence-corrected chi connectivity index (χ0v) is 10.9. The lowest BCUT2D eigenvalue weighted by Crippen LogP contribution is -2.20. The van der Waals surface area contributed by atoms with E-state index in [-0.39, 0.29) is 6.10 Å². The molecule has 0 radical (unpaired) electrons. The Labute approximate surface area is 89.7 Å². The van der Waals surface area contributed by atoms with Gasteiger partial charge in [-0.05, 0) is 37.7 Å². The van der Waals surface area contributed by atoms with E-state index in [1.165, 1.54) is 19.0 Å². The summed E-state index contributed by atoms with van der Waals surface area (Å²) in [6, 6.07) is 0. The van der Waals surface area contributed by atoms with Crippen LogP contribution < -0.4 is 0 Å². The van der Waals surface area contributed by atoms with Crippen LogP contribution in [0.1, 0.15) is 19.8 Å². The lowest BCUT2D eigenvalue weighted by Gasteiger charge is -2.20. The molecule has 4 atom stereocenters. The van der Waals surface area contributed by atoms with Crippen LogP contribution in [-0.4, -0.2) is 44.8 Å². The van der Waals surface area contributed by atoms with Crippen LogP contribution in [0.2, 0.25) is 5.82 Å². The maximum atomic E-state index is 10.0. The van der Waals surface area contributed by atoms with Gasteiger partial charge in [0.25, 0.3) is 0 Å². The molecule has 3 heteroatoms. The van der Waals surface area contributed by atoms with Crippen molar-refractivity contribution in [3.8, 4) is 0 Å².